The minimum Gasteiger partial charge on any atom is -0.490 e. The zero-order valence-corrected chi connectivity index (χ0v) is 15.6. The smallest absolute Gasteiger partial charge is 0.256 e. The van der Waals surface area contributed by atoms with Crippen molar-refractivity contribution in [2.24, 2.45) is 0 Å². The maximum Gasteiger partial charge on any atom is 0.256 e. The van der Waals surface area contributed by atoms with E-state index in [2.05, 4.69) is 19.2 Å². The molecule has 2 atom stereocenters. The first kappa shape index (κ1) is 19.5. The fraction of sp³-hybridized carbons (Fsp3) is 0.632. The molecule has 0 fully saturated rings. The van der Waals surface area contributed by atoms with Gasteiger partial charge in [0.15, 0.2) is 0 Å². The van der Waals surface area contributed by atoms with Crippen LogP contribution in [-0.2, 0) is 9.53 Å². The van der Waals surface area contributed by atoms with E-state index in [0.717, 1.165) is 35.4 Å². The summed E-state index contributed by atoms with van der Waals surface area (Å²) in [6, 6.07) is 3.90. The van der Waals surface area contributed by atoms with Crippen molar-refractivity contribution in [1.29, 1.82) is 0 Å². The molecule has 0 unspecified atom stereocenters. The van der Waals surface area contributed by atoms with E-state index in [1.54, 1.807) is 7.11 Å². The predicted octanol–water partition coefficient (Wildman–Crippen LogP) is 4.62. The average molecular weight is 321 g/mol. The van der Waals surface area contributed by atoms with Gasteiger partial charge in [-0.3, -0.25) is 4.79 Å². The van der Waals surface area contributed by atoms with Gasteiger partial charge in [-0.2, -0.15) is 0 Å². The number of anilines is 1. The summed E-state index contributed by atoms with van der Waals surface area (Å²) in [5, 5.41) is 2.97. The summed E-state index contributed by atoms with van der Waals surface area (Å²) in [7, 11) is 1.58. The Morgan fingerprint density at radius 2 is 1.83 bits per heavy atom. The van der Waals surface area contributed by atoms with Crippen LogP contribution in [0.15, 0.2) is 12.1 Å². The zero-order valence-electron chi connectivity index (χ0n) is 15.6. The molecule has 0 aliphatic heterocycles. The first-order chi connectivity index (χ1) is 10.8. The Kier molecular flexibility index (Phi) is 7.07. The van der Waals surface area contributed by atoms with Crippen LogP contribution >= 0.6 is 0 Å². The Hall–Kier alpha value is -1.55. The summed E-state index contributed by atoms with van der Waals surface area (Å²) in [6.45, 7) is 12.0. The van der Waals surface area contributed by atoms with Gasteiger partial charge in [0, 0.05) is 12.8 Å². The molecule has 0 aliphatic rings. The lowest BCUT2D eigenvalue weighted by molar-refractivity contribution is -0.136. The first-order valence-corrected chi connectivity index (χ1v) is 8.41. The molecule has 0 saturated heterocycles. The molecule has 1 aromatic rings. The molecular formula is C19H31NO3. The molecular weight excluding hydrogens is 290 g/mol. The fourth-order valence-electron chi connectivity index (χ4n) is 2.54. The molecule has 0 spiro atoms. The molecule has 4 nitrogen and oxygen atoms in total. The fourth-order valence-corrected chi connectivity index (χ4v) is 2.54. The van der Waals surface area contributed by atoms with Crippen molar-refractivity contribution < 1.29 is 14.3 Å². The van der Waals surface area contributed by atoms with Gasteiger partial charge in [-0.05, 0) is 63.8 Å². The molecule has 0 aromatic heterocycles. The predicted molar refractivity (Wildman–Crippen MR) is 95.2 cm³/mol. The van der Waals surface area contributed by atoms with Crippen LogP contribution in [0.3, 0.4) is 0 Å². The van der Waals surface area contributed by atoms with Crippen LogP contribution in [0, 0.1) is 13.8 Å². The topological polar surface area (TPSA) is 47.6 Å². The molecule has 0 heterocycles. The Labute approximate surface area is 140 Å². The highest BCUT2D eigenvalue weighted by Crippen LogP contribution is 2.29. The third kappa shape index (κ3) is 4.96. The van der Waals surface area contributed by atoms with Gasteiger partial charge in [-0.25, -0.2) is 0 Å². The summed E-state index contributed by atoms with van der Waals surface area (Å²) >= 11 is 0. The van der Waals surface area contributed by atoms with Crippen molar-refractivity contribution in [3.05, 3.63) is 23.3 Å². The summed E-state index contributed by atoms with van der Waals surface area (Å²) in [5.74, 6) is 0.789. The van der Waals surface area contributed by atoms with Crippen molar-refractivity contribution in [3.8, 4) is 5.75 Å². The number of hydrogen-bond donors (Lipinski definition) is 1. The number of carbonyl (C=O) groups is 1. The number of hydrogen-bond acceptors (Lipinski definition) is 3. The summed E-state index contributed by atoms with van der Waals surface area (Å²) in [5.41, 5.74) is 2.02. The number of benzene rings is 1. The lowest BCUT2D eigenvalue weighted by atomic mass is 9.99. The quantitative estimate of drug-likeness (QED) is 0.759. The largest absolute Gasteiger partial charge is 0.490 e. The molecule has 0 radical (unpaired) electrons. The number of rotatable bonds is 8. The van der Waals surface area contributed by atoms with Crippen LogP contribution in [0.2, 0.25) is 0 Å². The highest BCUT2D eigenvalue weighted by atomic mass is 16.5. The summed E-state index contributed by atoms with van der Waals surface area (Å²) in [4.78, 5) is 12.5. The van der Waals surface area contributed by atoms with Crippen LogP contribution in [0.25, 0.3) is 0 Å². The van der Waals surface area contributed by atoms with Gasteiger partial charge < -0.3 is 14.8 Å². The second-order valence-corrected chi connectivity index (χ2v) is 6.41. The Morgan fingerprint density at radius 1 is 1.26 bits per heavy atom. The van der Waals surface area contributed by atoms with Gasteiger partial charge in [0.05, 0.1) is 6.10 Å². The van der Waals surface area contributed by atoms with Crippen molar-refractivity contribution in [1.82, 2.24) is 0 Å². The second kappa shape index (κ2) is 8.34. The minimum atomic E-state index is -0.803. The van der Waals surface area contributed by atoms with Crippen molar-refractivity contribution >= 4 is 11.6 Å². The van der Waals surface area contributed by atoms with Gasteiger partial charge in [0.25, 0.3) is 5.91 Å². The van der Waals surface area contributed by atoms with E-state index in [0.29, 0.717) is 6.42 Å². The zero-order chi connectivity index (χ0) is 17.6. The third-order valence-electron chi connectivity index (χ3n) is 4.27. The second-order valence-electron chi connectivity index (χ2n) is 6.41. The SMILES string of the molecule is CCC[C@](C)(OC)C(=O)Nc1cc(C)c(O[C@H](C)CC)c(C)c1. The molecule has 23 heavy (non-hydrogen) atoms. The molecule has 0 bridgehead atoms. The summed E-state index contributed by atoms with van der Waals surface area (Å²) in [6.07, 6.45) is 2.70. The molecule has 1 rings (SSSR count). The average Bonchev–Trinajstić information content (AvgIpc) is 2.50. The van der Waals surface area contributed by atoms with Crippen molar-refractivity contribution in [2.75, 3.05) is 12.4 Å². The highest BCUT2D eigenvalue weighted by Gasteiger charge is 2.32. The standard InChI is InChI=1S/C19H31NO3/c1-8-10-19(6,22-7)18(21)20-16-11-13(3)17(14(4)12-16)23-15(5)9-2/h11-12,15H,8-10H2,1-7H3,(H,20,21)/t15-,19+/m1/s1. The molecule has 4 heteroatoms. The van der Waals surface area contributed by atoms with Gasteiger partial charge in [-0.1, -0.05) is 20.3 Å². The van der Waals surface area contributed by atoms with Gasteiger partial charge in [-0.15, -0.1) is 0 Å². The lowest BCUT2D eigenvalue weighted by Gasteiger charge is -2.26. The van der Waals surface area contributed by atoms with Crippen LogP contribution in [0.5, 0.6) is 5.75 Å². The van der Waals surface area contributed by atoms with E-state index >= 15 is 0 Å². The lowest BCUT2D eigenvalue weighted by Crippen LogP contribution is -2.41. The number of nitrogens with one attached hydrogen (secondary N) is 1. The Bertz CT molecular complexity index is 518. The van der Waals surface area contributed by atoms with Crippen molar-refractivity contribution in [3.63, 3.8) is 0 Å². The number of carbonyl (C=O) groups excluding carboxylic acids is 1. The number of methoxy groups -OCH3 is 1. The van der Waals surface area contributed by atoms with Gasteiger partial charge >= 0.3 is 0 Å². The third-order valence-corrected chi connectivity index (χ3v) is 4.27. The number of ether oxygens (including phenoxy) is 2. The molecule has 1 N–H and O–H groups in total. The normalized spacial score (nSPS) is 14.9. The molecule has 1 aromatic carbocycles. The minimum absolute atomic E-state index is 0.115. The number of amides is 1. The Balaban J connectivity index is 2.97. The van der Waals surface area contributed by atoms with E-state index < -0.39 is 5.60 Å². The van der Waals surface area contributed by atoms with Crippen LogP contribution in [0.1, 0.15) is 58.1 Å². The molecule has 1 amide bonds. The maximum atomic E-state index is 12.5. The monoisotopic (exact) mass is 321 g/mol. The number of aryl methyl sites for hydroxylation is 2. The van der Waals surface area contributed by atoms with Crippen LogP contribution in [0.4, 0.5) is 5.69 Å². The summed E-state index contributed by atoms with van der Waals surface area (Å²) < 4.78 is 11.4. The van der Waals surface area contributed by atoms with E-state index in [1.165, 1.54) is 0 Å². The Morgan fingerprint density at radius 3 is 2.26 bits per heavy atom. The van der Waals surface area contributed by atoms with Crippen molar-refractivity contribution in [2.45, 2.75) is 72.5 Å². The van der Waals surface area contributed by atoms with Gasteiger partial charge in [0.2, 0.25) is 0 Å². The molecule has 130 valence electrons. The first-order valence-electron chi connectivity index (χ1n) is 8.41. The molecule has 0 aliphatic carbocycles. The van der Waals surface area contributed by atoms with E-state index in [4.69, 9.17) is 9.47 Å². The highest BCUT2D eigenvalue weighted by molar-refractivity contribution is 5.97. The van der Waals surface area contributed by atoms with E-state index in [1.807, 2.05) is 39.8 Å². The van der Waals surface area contributed by atoms with Crippen LogP contribution < -0.4 is 10.1 Å². The van der Waals surface area contributed by atoms with E-state index in [9.17, 15) is 4.79 Å². The van der Waals surface area contributed by atoms with Gasteiger partial charge in [0.1, 0.15) is 11.4 Å². The molecule has 0 saturated carbocycles. The maximum absolute atomic E-state index is 12.5. The van der Waals surface area contributed by atoms with Crippen LogP contribution in [-0.4, -0.2) is 24.7 Å². The van der Waals surface area contributed by atoms with E-state index in [-0.39, 0.29) is 12.0 Å².